The van der Waals surface area contributed by atoms with Crippen molar-refractivity contribution in [3.05, 3.63) is 16.6 Å². The van der Waals surface area contributed by atoms with Crippen molar-refractivity contribution in [2.24, 2.45) is 0 Å². The third-order valence-electron chi connectivity index (χ3n) is 4.13. The van der Waals surface area contributed by atoms with Crippen molar-refractivity contribution in [2.75, 3.05) is 7.05 Å². The van der Waals surface area contributed by atoms with Gasteiger partial charge in [-0.15, -0.1) is 11.3 Å². The highest BCUT2D eigenvalue weighted by atomic mass is 32.1. The fraction of sp³-hybridized carbons (Fsp3) is 0.643. The molecule has 1 aliphatic carbocycles. The maximum absolute atomic E-state index is 12.3. The number of aryl methyl sites for hydroxylation is 1. The summed E-state index contributed by atoms with van der Waals surface area (Å²) < 4.78 is 0. The summed E-state index contributed by atoms with van der Waals surface area (Å²) in [7, 11) is 1.63. The Morgan fingerprint density at radius 1 is 1.40 bits per heavy atom. The number of carbonyl (C=O) groups excluding carboxylic acids is 1. The lowest BCUT2D eigenvalue weighted by Gasteiger charge is -2.41. The SMILES string of the molecule is CN(C(=O)CCc1nccs1)C1(C(=O)O)CCCCC1. The molecule has 1 saturated carbocycles. The van der Waals surface area contributed by atoms with Gasteiger partial charge in [-0.2, -0.15) is 0 Å². The van der Waals surface area contributed by atoms with E-state index >= 15 is 0 Å². The van der Waals surface area contributed by atoms with Crippen molar-refractivity contribution in [2.45, 2.75) is 50.5 Å². The Bertz CT molecular complexity index is 467. The number of aliphatic carboxylic acids is 1. The standard InChI is InChI=1S/C14H20N2O3S/c1-16(12(17)6-5-11-15-9-10-20-11)14(13(18)19)7-3-2-4-8-14/h9-10H,2-8H2,1H3,(H,18,19). The molecule has 0 bridgehead atoms. The second-order valence-electron chi connectivity index (χ2n) is 5.28. The van der Waals surface area contributed by atoms with E-state index in [1.807, 2.05) is 5.38 Å². The zero-order valence-electron chi connectivity index (χ0n) is 11.7. The zero-order chi connectivity index (χ0) is 14.6. The highest BCUT2D eigenvalue weighted by Gasteiger charge is 2.45. The van der Waals surface area contributed by atoms with Crippen LogP contribution in [-0.4, -0.2) is 39.5 Å². The first kappa shape index (κ1) is 15.0. The molecular weight excluding hydrogens is 276 g/mol. The molecule has 0 unspecified atom stereocenters. The van der Waals surface area contributed by atoms with Crippen LogP contribution in [0.15, 0.2) is 11.6 Å². The minimum absolute atomic E-state index is 0.107. The Labute approximate surface area is 122 Å². The van der Waals surface area contributed by atoms with Gasteiger partial charge in [0.1, 0.15) is 5.54 Å². The van der Waals surface area contributed by atoms with Crippen LogP contribution in [0.25, 0.3) is 0 Å². The molecule has 0 aliphatic heterocycles. The summed E-state index contributed by atoms with van der Waals surface area (Å²) in [6, 6.07) is 0. The van der Waals surface area contributed by atoms with Crippen molar-refractivity contribution in [1.82, 2.24) is 9.88 Å². The molecule has 2 rings (SSSR count). The van der Waals surface area contributed by atoms with Crippen molar-refractivity contribution in [3.63, 3.8) is 0 Å². The first-order valence-corrected chi connectivity index (χ1v) is 7.83. The lowest BCUT2D eigenvalue weighted by atomic mass is 9.80. The van der Waals surface area contributed by atoms with Crippen LogP contribution in [0.3, 0.4) is 0 Å². The van der Waals surface area contributed by atoms with Crippen LogP contribution < -0.4 is 0 Å². The smallest absolute Gasteiger partial charge is 0.329 e. The van der Waals surface area contributed by atoms with E-state index in [2.05, 4.69) is 4.98 Å². The van der Waals surface area contributed by atoms with Gasteiger partial charge < -0.3 is 10.0 Å². The maximum atomic E-state index is 12.3. The Kier molecular flexibility index (Phi) is 4.75. The van der Waals surface area contributed by atoms with E-state index in [9.17, 15) is 14.7 Å². The summed E-state index contributed by atoms with van der Waals surface area (Å²) >= 11 is 1.52. The predicted molar refractivity (Wildman–Crippen MR) is 76.7 cm³/mol. The van der Waals surface area contributed by atoms with Gasteiger partial charge in [0.05, 0.1) is 5.01 Å². The molecule has 110 valence electrons. The number of hydrogen-bond donors (Lipinski definition) is 1. The van der Waals surface area contributed by atoms with Crippen molar-refractivity contribution in [1.29, 1.82) is 0 Å². The Balaban J connectivity index is 2.01. The third-order valence-corrected chi connectivity index (χ3v) is 4.97. The molecule has 20 heavy (non-hydrogen) atoms. The quantitative estimate of drug-likeness (QED) is 0.905. The molecule has 1 N–H and O–H groups in total. The van der Waals surface area contributed by atoms with Gasteiger partial charge in [0.2, 0.25) is 5.91 Å². The average Bonchev–Trinajstić information content (AvgIpc) is 2.97. The normalized spacial score (nSPS) is 17.6. The number of carboxylic acid groups (broad SMARTS) is 1. The fourth-order valence-corrected chi connectivity index (χ4v) is 3.45. The topological polar surface area (TPSA) is 70.5 Å². The summed E-state index contributed by atoms with van der Waals surface area (Å²) in [5, 5.41) is 12.4. The van der Waals surface area contributed by atoms with Crippen LogP contribution in [0.1, 0.15) is 43.5 Å². The van der Waals surface area contributed by atoms with Crippen molar-refractivity contribution < 1.29 is 14.7 Å². The molecule has 0 atom stereocenters. The predicted octanol–water partition coefficient (Wildman–Crippen LogP) is 2.32. The Morgan fingerprint density at radius 3 is 2.65 bits per heavy atom. The molecule has 1 aromatic rings. The molecule has 1 amide bonds. The van der Waals surface area contributed by atoms with Gasteiger partial charge >= 0.3 is 5.97 Å². The van der Waals surface area contributed by atoms with Gasteiger partial charge in [0, 0.05) is 31.5 Å². The summed E-state index contributed by atoms with van der Waals surface area (Å²) in [6.07, 6.45) is 6.52. The second kappa shape index (κ2) is 6.35. The van der Waals surface area contributed by atoms with E-state index in [0.29, 0.717) is 25.7 Å². The number of hydrogen-bond acceptors (Lipinski definition) is 4. The zero-order valence-corrected chi connectivity index (χ0v) is 12.5. The summed E-state index contributed by atoms with van der Waals surface area (Å²) in [6.45, 7) is 0. The molecule has 5 nitrogen and oxygen atoms in total. The first-order chi connectivity index (χ1) is 9.56. The van der Waals surface area contributed by atoms with E-state index < -0.39 is 11.5 Å². The molecule has 6 heteroatoms. The van der Waals surface area contributed by atoms with Gasteiger partial charge in [0.15, 0.2) is 0 Å². The van der Waals surface area contributed by atoms with Crippen LogP contribution >= 0.6 is 11.3 Å². The molecule has 1 fully saturated rings. The molecule has 0 radical (unpaired) electrons. The fourth-order valence-electron chi connectivity index (χ4n) is 2.83. The number of rotatable bonds is 5. The number of carboxylic acids is 1. The first-order valence-electron chi connectivity index (χ1n) is 6.95. The van der Waals surface area contributed by atoms with E-state index in [1.165, 1.54) is 16.2 Å². The average molecular weight is 296 g/mol. The van der Waals surface area contributed by atoms with Gasteiger partial charge in [-0.25, -0.2) is 9.78 Å². The molecule has 0 spiro atoms. The van der Waals surface area contributed by atoms with Crippen LogP contribution in [0.2, 0.25) is 0 Å². The number of thiazole rings is 1. The Morgan fingerprint density at radius 2 is 2.10 bits per heavy atom. The highest BCUT2D eigenvalue weighted by molar-refractivity contribution is 7.09. The van der Waals surface area contributed by atoms with Gasteiger partial charge in [0.25, 0.3) is 0 Å². The number of nitrogens with zero attached hydrogens (tertiary/aromatic N) is 2. The van der Waals surface area contributed by atoms with Crippen molar-refractivity contribution >= 4 is 23.2 Å². The van der Waals surface area contributed by atoms with Gasteiger partial charge in [-0.1, -0.05) is 19.3 Å². The maximum Gasteiger partial charge on any atom is 0.329 e. The molecule has 1 heterocycles. The Hall–Kier alpha value is -1.43. The number of likely N-dealkylation sites (N-methyl/N-ethyl adjacent to an activating group) is 1. The van der Waals surface area contributed by atoms with E-state index in [1.54, 1.807) is 13.2 Å². The molecule has 0 saturated heterocycles. The minimum Gasteiger partial charge on any atom is -0.479 e. The summed E-state index contributed by atoms with van der Waals surface area (Å²) in [4.78, 5) is 29.5. The second-order valence-corrected chi connectivity index (χ2v) is 6.26. The third kappa shape index (κ3) is 3.00. The van der Waals surface area contributed by atoms with Crippen LogP contribution in [0.4, 0.5) is 0 Å². The molecule has 1 aliphatic rings. The molecule has 0 aromatic carbocycles. The van der Waals surface area contributed by atoms with E-state index in [0.717, 1.165) is 24.3 Å². The largest absolute Gasteiger partial charge is 0.479 e. The molecule has 1 aromatic heterocycles. The monoisotopic (exact) mass is 296 g/mol. The van der Waals surface area contributed by atoms with Crippen LogP contribution in [0, 0.1) is 0 Å². The van der Waals surface area contributed by atoms with Crippen molar-refractivity contribution in [3.8, 4) is 0 Å². The summed E-state index contributed by atoms with van der Waals surface area (Å²) in [5.74, 6) is -0.980. The molecular formula is C14H20N2O3S. The minimum atomic E-state index is -1.00. The van der Waals surface area contributed by atoms with E-state index in [4.69, 9.17) is 0 Å². The number of aromatic nitrogens is 1. The van der Waals surface area contributed by atoms with Gasteiger partial charge in [-0.3, -0.25) is 4.79 Å². The van der Waals surface area contributed by atoms with Crippen LogP contribution in [-0.2, 0) is 16.0 Å². The summed E-state index contributed by atoms with van der Waals surface area (Å²) in [5.41, 5.74) is -1.00. The lowest BCUT2D eigenvalue weighted by molar-refractivity contribution is -0.160. The van der Waals surface area contributed by atoms with E-state index in [-0.39, 0.29) is 5.91 Å². The number of amides is 1. The lowest BCUT2D eigenvalue weighted by Crippen LogP contribution is -2.56. The number of carbonyl (C=O) groups is 2. The highest BCUT2D eigenvalue weighted by Crippen LogP contribution is 2.33. The van der Waals surface area contributed by atoms with Gasteiger partial charge in [-0.05, 0) is 12.8 Å². The van der Waals surface area contributed by atoms with Crippen LogP contribution in [0.5, 0.6) is 0 Å².